The van der Waals surface area contributed by atoms with Gasteiger partial charge < -0.3 is 9.47 Å². The summed E-state index contributed by atoms with van der Waals surface area (Å²) in [5, 5.41) is 0. The van der Waals surface area contributed by atoms with Crippen LogP contribution in [0.15, 0.2) is 0 Å². The highest BCUT2D eigenvalue weighted by Crippen LogP contribution is 2.33. The Morgan fingerprint density at radius 1 is 0.650 bits per heavy atom. The highest BCUT2D eigenvalue weighted by molar-refractivity contribution is 6.29. The minimum atomic E-state index is -0.818. The number of hydrogen-bond acceptors (Lipinski definition) is 4. The normalized spacial score (nSPS) is 24.7. The summed E-state index contributed by atoms with van der Waals surface area (Å²) in [5.74, 6) is -1.64. The van der Waals surface area contributed by atoms with Crippen molar-refractivity contribution in [3.8, 4) is 0 Å². The second kappa shape index (κ2) is 6.15. The summed E-state index contributed by atoms with van der Waals surface area (Å²) in [6.45, 7) is 3.83. The van der Waals surface area contributed by atoms with Gasteiger partial charge in [-0.2, -0.15) is 0 Å². The molecule has 2 rings (SSSR count). The average Bonchev–Trinajstić information content (AvgIpc) is 2.39. The molecule has 0 unspecified atom stereocenters. The zero-order valence-corrected chi connectivity index (χ0v) is 12.7. The van der Waals surface area contributed by atoms with Crippen molar-refractivity contribution < 1.29 is 19.1 Å². The van der Waals surface area contributed by atoms with E-state index >= 15 is 0 Å². The van der Waals surface area contributed by atoms with E-state index in [2.05, 4.69) is 0 Å². The Hall–Kier alpha value is -1.06. The van der Waals surface area contributed by atoms with E-state index in [1.165, 1.54) is 12.8 Å². The third-order valence-electron chi connectivity index (χ3n) is 4.67. The summed E-state index contributed by atoms with van der Waals surface area (Å²) in [4.78, 5) is 23.9. The molecule has 0 N–H and O–H groups in total. The number of hydrogen-bond donors (Lipinski definition) is 0. The van der Waals surface area contributed by atoms with Crippen LogP contribution in [0.1, 0.15) is 78.1 Å². The van der Waals surface area contributed by atoms with Crippen molar-refractivity contribution in [2.75, 3.05) is 0 Å². The Bertz CT molecular complexity index is 327. The van der Waals surface area contributed by atoms with Crippen molar-refractivity contribution in [1.82, 2.24) is 0 Å². The second-order valence-electron chi connectivity index (χ2n) is 6.80. The third-order valence-corrected chi connectivity index (χ3v) is 4.67. The molecular weight excluding hydrogens is 256 g/mol. The largest absolute Gasteiger partial charge is 0.451 e. The summed E-state index contributed by atoms with van der Waals surface area (Å²) in [6.07, 6.45) is 9.91. The molecule has 0 atom stereocenters. The van der Waals surface area contributed by atoms with Crippen LogP contribution in [0.2, 0.25) is 0 Å². The van der Waals surface area contributed by atoms with Crippen LogP contribution in [0.4, 0.5) is 0 Å². The summed E-state index contributed by atoms with van der Waals surface area (Å²) in [7, 11) is 0. The first-order valence-electron chi connectivity index (χ1n) is 7.89. The average molecular weight is 282 g/mol. The van der Waals surface area contributed by atoms with E-state index in [4.69, 9.17) is 9.47 Å². The van der Waals surface area contributed by atoms with Crippen molar-refractivity contribution in [3.63, 3.8) is 0 Å². The lowest BCUT2D eigenvalue weighted by Crippen LogP contribution is -2.41. The highest BCUT2D eigenvalue weighted by atomic mass is 16.6. The molecule has 0 aromatic rings. The predicted molar refractivity (Wildman–Crippen MR) is 75.2 cm³/mol. The van der Waals surface area contributed by atoms with Crippen LogP contribution < -0.4 is 0 Å². The summed E-state index contributed by atoms with van der Waals surface area (Å²) < 4.78 is 10.8. The Labute approximate surface area is 121 Å². The van der Waals surface area contributed by atoms with Crippen LogP contribution in [0.3, 0.4) is 0 Å². The summed E-state index contributed by atoms with van der Waals surface area (Å²) in [5.41, 5.74) is -0.969. The molecule has 0 aromatic heterocycles. The molecule has 0 saturated heterocycles. The molecule has 0 aromatic carbocycles. The third kappa shape index (κ3) is 3.97. The SMILES string of the molecule is CC1(OC(=O)C(=O)OC2(C)CCCCC2)CCCCC1. The van der Waals surface area contributed by atoms with Gasteiger partial charge in [-0.3, -0.25) is 0 Å². The Balaban J connectivity index is 1.86. The fourth-order valence-electron chi connectivity index (χ4n) is 3.33. The number of carbonyl (C=O) groups excluding carboxylic acids is 2. The summed E-state index contributed by atoms with van der Waals surface area (Å²) in [6, 6.07) is 0. The first-order chi connectivity index (χ1) is 9.43. The van der Waals surface area contributed by atoms with Gasteiger partial charge in [-0.1, -0.05) is 12.8 Å². The molecule has 2 aliphatic rings. The molecule has 2 fully saturated rings. The minimum Gasteiger partial charge on any atom is -0.451 e. The molecule has 0 amide bonds. The van der Waals surface area contributed by atoms with E-state index < -0.39 is 23.1 Å². The van der Waals surface area contributed by atoms with Gasteiger partial charge in [0.05, 0.1) is 0 Å². The maximum absolute atomic E-state index is 11.9. The first-order valence-corrected chi connectivity index (χ1v) is 7.89. The van der Waals surface area contributed by atoms with Gasteiger partial charge >= 0.3 is 11.9 Å². The van der Waals surface area contributed by atoms with E-state index in [9.17, 15) is 9.59 Å². The lowest BCUT2D eigenvalue weighted by molar-refractivity contribution is -0.187. The van der Waals surface area contributed by atoms with Gasteiger partial charge in [-0.15, -0.1) is 0 Å². The van der Waals surface area contributed by atoms with Crippen LogP contribution in [-0.4, -0.2) is 23.1 Å². The van der Waals surface area contributed by atoms with Crippen molar-refractivity contribution in [2.24, 2.45) is 0 Å². The maximum atomic E-state index is 11.9. The zero-order chi connectivity index (χ0) is 14.6. The van der Waals surface area contributed by atoms with Crippen molar-refractivity contribution in [2.45, 2.75) is 89.3 Å². The van der Waals surface area contributed by atoms with Gasteiger partial charge in [-0.05, 0) is 65.2 Å². The summed E-state index contributed by atoms with van der Waals surface area (Å²) >= 11 is 0. The van der Waals surface area contributed by atoms with Crippen LogP contribution >= 0.6 is 0 Å². The van der Waals surface area contributed by atoms with E-state index in [1.807, 2.05) is 13.8 Å². The lowest BCUT2D eigenvalue weighted by atomic mass is 9.86. The minimum absolute atomic E-state index is 0.484. The van der Waals surface area contributed by atoms with Crippen molar-refractivity contribution in [1.29, 1.82) is 0 Å². The fourth-order valence-corrected chi connectivity index (χ4v) is 3.33. The number of ether oxygens (including phenoxy) is 2. The lowest BCUT2D eigenvalue weighted by Gasteiger charge is -2.35. The van der Waals surface area contributed by atoms with Crippen LogP contribution in [0.5, 0.6) is 0 Å². The van der Waals surface area contributed by atoms with Crippen LogP contribution in [-0.2, 0) is 19.1 Å². The number of rotatable bonds is 2. The first kappa shape index (κ1) is 15.3. The molecule has 2 saturated carbocycles. The molecule has 0 heterocycles. The van der Waals surface area contributed by atoms with Gasteiger partial charge in [0.1, 0.15) is 11.2 Å². The molecule has 0 spiro atoms. The van der Waals surface area contributed by atoms with E-state index in [0.717, 1.165) is 51.4 Å². The molecule has 4 heteroatoms. The second-order valence-corrected chi connectivity index (χ2v) is 6.80. The Kier molecular flexibility index (Phi) is 4.71. The topological polar surface area (TPSA) is 52.6 Å². The molecule has 0 bridgehead atoms. The van der Waals surface area contributed by atoms with Crippen LogP contribution in [0, 0.1) is 0 Å². The smallest absolute Gasteiger partial charge is 0.418 e. The van der Waals surface area contributed by atoms with E-state index in [0.29, 0.717) is 0 Å². The van der Waals surface area contributed by atoms with E-state index in [-0.39, 0.29) is 0 Å². The molecule has 2 aliphatic carbocycles. The maximum Gasteiger partial charge on any atom is 0.418 e. The molecule has 114 valence electrons. The van der Waals surface area contributed by atoms with Crippen molar-refractivity contribution >= 4 is 11.9 Å². The molecular formula is C16H26O4. The molecule has 20 heavy (non-hydrogen) atoms. The zero-order valence-electron chi connectivity index (χ0n) is 12.7. The molecule has 4 nitrogen and oxygen atoms in total. The van der Waals surface area contributed by atoms with Gasteiger partial charge in [-0.25, -0.2) is 9.59 Å². The highest BCUT2D eigenvalue weighted by Gasteiger charge is 2.37. The van der Waals surface area contributed by atoms with Gasteiger partial charge in [0, 0.05) is 0 Å². The number of carbonyl (C=O) groups is 2. The van der Waals surface area contributed by atoms with Gasteiger partial charge in [0.25, 0.3) is 0 Å². The van der Waals surface area contributed by atoms with Gasteiger partial charge in [0.15, 0.2) is 0 Å². The number of esters is 2. The fraction of sp³-hybridized carbons (Fsp3) is 0.875. The molecule has 0 radical (unpaired) electrons. The van der Waals surface area contributed by atoms with Crippen molar-refractivity contribution in [3.05, 3.63) is 0 Å². The Morgan fingerprint density at radius 3 is 1.25 bits per heavy atom. The standard InChI is InChI=1S/C16H26O4/c1-15(9-5-3-6-10-15)19-13(17)14(18)20-16(2)11-7-4-8-12-16/h3-12H2,1-2H3. The predicted octanol–water partition coefficient (Wildman–Crippen LogP) is 3.52. The van der Waals surface area contributed by atoms with Crippen LogP contribution in [0.25, 0.3) is 0 Å². The van der Waals surface area contributed by atoms with E-state index in [1.54, 1.807) is 0 Å². The monoisotopic (exact) mass is 282 g/mol. The Morgan fingerprint density at radius 2 is 0.950 bits per heavy atom. The molecule has 0 aliphatic heterocycles. The quantitative estimate of drug-likeness (QED) is 0.574. The van der Waals surface area contributed by atoms with Gasteiger partial charge in [0.2, 0.25) is 0 Å².